The van der Waals surface area contributed by atoms with Crippen molar-refractivity contribution in [3.63, 3.8) is 0 Å². The van der Waals surface area contributed by atoms with Gasteiger partial charge in [0.2, 0.25) is 0 Å². The van der Waals surface area contributed by atoms with Gasteiger partial charge in [-0.25, -0.2) is 0 Å². The minimum Gasteiger partial charge on any atom is -0.381 e. The van der Waals surface area contributed by atoms with E-state index in [9.17, 15) is 0 Å². The second kappa shape index (κ2) is 6.87. The van der Waals surface area contributed by atoms with E-state index < -0.39 is 0 Å². The topological polar surface area (TPSA) is 12.0 Å². The van der Waals surface area contributed by atoms with Gasteiger partial charge in [0.25, 0.3) is 0 Å². The summed E-state index contributed by atoms with van der Waals surface area (Å²) >= 11 is 8.37. The molecule has 0 aromatic heterocycles. The number of halogens is 2. The molecular formula is C17H25ClIN. The molecule has 1 N–H and O–H groups in total. The molecule has 0 aliphatic heterocycles. The molecule has 0 heterocycles. The summed E-state index contributed by atoms with van der Waals surface area (Å²) in [6.45, 7) is 7.17. The summed E-state index contributed by atoms with van der Waals surface area (Å²) in [4.78, 5) is 0. The van der Waals surface area contributed by atoms with Crippen molar-refractivity contribution in [2.75, 3.05) is 5.32 Å². The summed E-state index contributed by atoms with van der Waals surface area (Å²) < 4.78 is 1.21. The van der Waals surface area contributed by atoms with Crippen molar-refractivity contribution in [1.29, 1.82) is 0 Å². The summed E-state index contributed by atoms with van der Waals surface area (Å²) in [5.41, 5.74) is 1.73. The molecule has 1 fully saturated rings. The lowest BCUT2D eigenvalue weighted by molar-refractivity contribution is 0.147. The number of hydrogen-bond acceptors (Lipinski definition) is 1. The van der Waals surface area contributed by atoms with Crippen LogP contribution in [0.4, 0.5) is 5.69 Å². The molecule has 0 saturated heterocycles. The van der Waals surface area contributed by atoms with Gasteiger partial charge in [-0.15, -0.1) is 0 Å². The maximum Gasteiger partial charge on any atom is 0.0479 e. The van der Waals surface area contributed by atoms with E-state index >= 15 is 0 Å². The van der Waals surface area contributed by atoms with Gasteiger partial charge >= 0.3 is 0 Å². The fraction of sp³-hybridized carbons (Fsp3) is 0.647. The van der Waals surface area contributed by atoms with Crippen LogP contribution in [0, 0.1) is 14.9 Å². The van der Waals surface area contributed by atoms with Crippen LogP contribution in [-0.4, -0.2) is 6.04 Å². The van der Waals surface area contributed by atoms with Gasteiger partial charge in [-0.05, 0) is 77.8 Å². The Morgan fingerprint density at radius 2 is 1.90 bits per heavy atom. The molecule has 0 unspecified atom stereocenters. The third-order valence-corrected chi connectivity index (χ3v) is 6.16. The van der Waals surface area contributed by atoms with Crippen molar-refractivity contribution >= 4 is 39.9 Å². The summed E-state index contributed by atoms with van der Waals surface area (Å²) in [5, 5.41) is 4.51. The predicted octanol–water partition coefficient (Wildman–Crippen LogP) is 6.35. The molecule has 1 saturated carbocycles. The van der Waals surface area contributed by atoms with Gasteiger partial charge in [0, 0.05) is 20.3 Å². The Labute approximate surface area is 142 Å². The Bertz CT molecular complexity index is 450. The molecule has 0 atom stereocenters. The molecule has 20 heavy (non-hydrogen) atoms. The maximum absolute atomic E-state index is 6.01. The van der Waals surface area contributed by atoms with Crippen molar-refractivity contribution in [2.45, 2.75) is 58.9 Å². The molecule has 2 rings (SSSR count). The summed E-state index contributed by atoms with van der Waals surface area (Å²) in [6, 6.07) is 6.72. The van der Waals surface area contributed by atoms with Crippen LogP contribution < -0.4 is 5.32 Å². The Balaban J connectivity index is 1.91. The monoisotopic (exact) mass is 405 g/mol. The molecule has 0 bridgehead atoms. The molecule has 3 heteroatoms. The van der Waals surface area contributed by atoms with Crippen LogP contribution in [-0.2, 0) is 0 Å². The van der Waals surface area contributed by atoms with Crippen LogP contribution in [0.15, 0.2) is 18.2 Å². The number of hydrogen-bond donors (Lipinski definition) is 1. The van der Waals surface area contributed by atoms with Gasteiger partial charge in [-0.1, -0.05) is 38.8 Å². The van der Waals surface area contributed by atoms with Crippen molar-refractivity contribution in [3.8, 4) is 0 Å². The van der Waals surface area contributed by atoms with Gasteiger partial charge in [0.15, 0.2) is 0 Å². The Morgan fingerprint density at radius 3 is 2.45 bits per heavy atom. The molecule has 0 spiro atoms. The average molecular weight is 406 g/mol. The highest BCUT2D eigenvalue weighted by Gasteiger charge is 2.31. The number of anilines is 1. The second-order valence-corrected chi connectivity index (χ2v) is 8.26. The molecular weight excluding hydrogens is 381 g/mol. The third-order valence-electron chi connectivity index (χ3n) is 5.03. The smallest absolute Gasteiger partial charge is 0.0479 e. The molecule has 1 aliphatic carbocycles. The summed E-state index contributed by atoms with van der Waals surface area (Å²) in [6.07, 6.45) is 6.55. The molecule has 1 aromatic carbocycles. The SMILES string of the molecule is CCC(C)(C)C1CCC(Nc2ccc(Cl)cc2I)CC1. The van der Waals surface area contributed by atoms with Gasteiger partial charge in [-0.3, -0.25) is 0 Å². The molecule has 0 amide bonds. The highest BCUT2D eigenvalue weighted by atomic mass is 127. The lowest BCUT2D eigenvalue weighted by Gasteiger charge is -2.39. The van der Waals surface area contributed by atoms with Crippen LogP contribution in [0.25, 0.3) is 0 Å². The number of nitrogens with one attached hydrogen (secondary N) is 1. The third kappa shape index (κ3) is 4.03. The second-order valence-electron chi connectivity index (χ2n) is 6.66. The highest BCUT2D eigenvalue weighted by Crippen LogP contribution is 2.41. The Morgan fingerprint density at radius 1 is 1.25 bits per heavy atom. The molecule has 0 radical (unpaired) electrons. The van der Waals surface area contributed by atoms with E-state index in [1.54, 1.807) is 0 Å². The first-order chi connectivity index (χ1) is 9.42. The first-order valence-corrected chi connectivity index (χ1v) is 9.09. The van der Waals surface area contributed by atoms with Crippen LogP contribution in [0.1, 0.15) is 52.9 Å². The molecule has 1 aromatic rings. The zero-order valence-electron chi connectivity index (χ0n) is 12.7. The zero-order chi connectivity index (χ0) is 14.8. The van der Waals surface area contributed by atoms with E-state index in [-0.39, 0.29) is 0 Å². The lowest BCUT2D eigenvalue weighted by Crippen LogP contribution is -2.32. The van der Waals surface area contributed by atoms with E-state index in [0.717, 1.165) is 10.9 Å². The normalized spacial score (nSPS) is 23.6. The first-order valence-electron chi connectivity index (χ1n) is 7.64. The number of benzene rings is 1. The largest absolute Gasteiger partial charge is 0.381 e. The first kappa shape index (κ1) is 16.4. The fourth-order valence-electron chi connectivity index (χ4n) is 3.13. The van der Waals surface area contributed by atoms with Crippen molar-refractivity contribution < 1.29 is 0 Å². The van der Waals surface area contributed by atoms with Gasteiger partial charge < -0.3 is 5.32 Å². The Hall–Kier alpha value is 0.0400. The summed E-state index contributed by atoms with van der Waals surface area (Å²) in [5.74, 6) is 0.884. The van der Waals surface area contributed by atoms with Crippen LogP contribution in [0.3, 0.4) is 0 Å². The van der Waals surface area contributed by atoms with E-state index in [1.165, 1.54) is 41.4 Å². The summed E-state index contributed by atoms with van der Waals surface area (Å²) in [7, 11) is 0. The number of rotatable bonds is 4. The van der Waals surface area contributed by atoms with Crippen LogP contribution in [0.2, 0.25) is 5.02 Å². The fourth-order valence-corrected chi connectivity index (χ4v) is 4.16. The van der Waals surface area contributed by atoms with Gasteiger partial charge in [-0.2, -0.15) is 0 Å². The lowest BCUT2D eigenvalue weighted by atomic mass is 9.69. The van der Waals surface area contributed by atoms with Crippen molar-refractivity contribution in [1.82, 2.24) is 0 Å². The highest BCUT2D eigenvalue weighted by molar-refractivity contribution is 14.1. The van der Waals surface area contributed by atoms with Crippen molar-refractivity contribution in [2.24, 2.45) is 11.3 Å². The van der Waals surface area contributed by atoms with Crippen LogP contribution in [0.5, 0.6) is 0 Å². The van der Waals surface area contributed by atoms with Gasteiger partial charge in [0.05, 0.1) is 0 Å². The minimum absolute atomic E-state index is 0.500. The van der Waals surface area contributed by atoms with Crippen LogP contribution >= 0.6 is 34.2 Å². The quantitative estimate of drug-likeness (QED) is 0.575. The zero-order valence-corrected chi connectivity index (χ0v) is 15.6. The average Bonchev–Trinajstić information content (AvgIpc) is 2.42. The van der Waals surface area contributed by atoms with Crippen molar-refractivity contribution in [3.05, 3.63) is 26.8 Å². The van der Waals surface area contributed by atoms with E-state index in [4.69, 9.17) is 11.6 Å². The van der Waals surface area contributed by atoms with E-state index in [0.29, 0.717) is 11.5 Å². The Kier molecular flexibility index (Phi) is 5.63. The van der Waals surface area contributed by atoms with E-state index in [2.05, 4.69) is 54.7 Å². The minimum atomic E-state index is 0.500. The standard InChI is InChI=1S/C17H25ClIN/c1-4-17(2,3)12-5-8-14(9-6-12)20-16-10-7-13(18)11-15(16)19/h7,10-12,14,20H,4-6,8-9H2,1-3H3. The molecule has 1 nitrogen and oxygen atoms in total. The molecule has 1 aliphatic rings. The predicted molar refractivity (Wildman–Crippen MR) is 97.6 cm³/mol. The van der Waals surface area contributed by atoms with E-state index in [1.807, 2.05) is 12.1 Å². The molecule has 112 valence electrons. The maximum atomic E-state index is 6.01. The van der Waals surface area contributed by atoms with Gasteiger partial charge in [0.1, 0.15) is 0 Å².